The fourth-order valence-corrected chi connectivity index (χ4v) is 2.88. The number of nitrogens with one attached hydrogen (secondary N) is 2. The smallest absolute Gasteiger partial charge is 0.224 e. The second kappa shape index (κ2) is 12.8. The number of piperazine rings is 1. The number of benzene rings is 1. The number of anilines is 1. The maximum Gasteiger partial charge on any atom is 0.224 e. The molecule has 1 fully saturated rings. The van der Waals surface area contributed by atoms with Gasteiger partial charge in [0.2, 0.25) is 11.8 Å². The Balaban J connectivity index is 0.00000312. The largest absolute Gasteiger partial charge is 0.368 e. The Bertz CT molecular complexity index is 537. The van der Waals surface area contributed by atoms with Crippen LogP contribution in [0.3, 0.4) is 0 Å². The molecule has 0 aliphatic carbocycles. The second-order valence-corrected chi connectivity index (χ2v) is 6.20. The SMILES string of the molecule is CNCC(C)C(=O)NCCC(=O)N1CCN(c2ccccc2)CC1.Cl.Cl. The minimum atomic E-state index is -0.0838. The Hall–Kier alpha value is -1.50. The summed E-state index contributed by atoms with van der Waals surface area (Å²) in [5, 5.41) is 5.81. The highest BCUT2D eigenvalue weighted by Crippen LogP contribution is 2.15. The number of rotatable bonds is 7. The highest BCUT2D eigenvalue weighted by Gasteiger charge is 2.21. The van der Waals surface area contributed by atoms with Gasteiger partial charge in [-0.25, -0.2) is 0 Å². The molecule has 2 amide bonds. The molecule has 6 nitrogen and oxygen atoms in total. The molecule has 1 aliphatic rings. The second-order valence-electron chi connectivity index (χ2n) is 6.20. The fourth-order valence-electron chi connectivity index (χ4n) is 2.88. The van der Waals surface area contributed by atoms with E-state index in [2.05, 4.69) is 27.7 Å². The topological polar surface area (TPSA) is 64.7 Å². The van der Waals surface area contributed by atoms with Crippen molar-refractivity contribution >= 4 is 42.3 Å². The van der Waals surface area contributed by atoms with Gasteiger partial charge in [0.1, 0.15) is 0 Å². The summed E-state index contributed by atoms with van der Waals surface area (Å²) >= 11 is 0. The quantitative estimate of drug-likeness (QED) is 0.723. The summed E-state index contributed by atoms with van der Waals surface area (Å²) in [6.07, 6.45) is 0.364. The van der Waals surface area contributed by atoms with E-state index in [4.69, 9.17) is 0 Å². The van der Waals surface area contributed by atoms with Crippen LogP contribution >= 0.6 is 24.8 Å². The molecule has 0 spiro atoms. The van der Waals surface area contributed by atoms with Gasteiger partial charge in [-0.2, -0.15) is 0 Å². The minimum Gasteiger partial charge on any atom is -0.368 e. The van der Waals surface area contributed by atoms with Gasteiger partial charge in [-0.1, -0.05) is 25.1 Å². The first-order chi connectivity index (χ1) is 11.6. The zero-order valence-electron chi connectivity index (χ0n) is 15.4. The van der Waals surface area contributed by atoms with Gasteiger partial charge in [-0.05, 0) is 19.2 Å². The van der Waals surface area contributed by atoms with E-state index >= 15 is 0 Å². The van der Waals surface area contributed by atoms with Crippen LogP contribution in [0, 0.1) is 5.92 Å². The number of carbonyl (C=O) groups is 2. The first-order valence-electron chi connectivity index (χ1n) is 8.62. The van der Waals surface area contributed by atoms with Crippen LogP contribution in [0.25, 0.3) is 0 Å². The van der Waals surface area contributed by atoms with Crippen LogP contribution in [0.1, 0.15) is 13.3 Å². The number of hydrogen-bond acceptors (Lipinski definition) is 4. The molecular formula is C18H30Cl2N4O2. The Morgan fingerprint density at radius 1 is 1.08 bits per heavy atom. The van der Waals surface area contributed by atoms with Gasteiger partial charge in [0.25, 0.3) is 0 Å². The van der Waals surface area contributed by atoms with E-state index in [0.29, 0.717) is 19.5 Å². The predicted octanol–water partition coefficient (Wildman–Crippen LogP) is 1.54. The van der Waals surface area contributed by atoms with Crippen molar-refractivity contribution in [3.05, 3.63) is 30.3 Å². The third-order valence-corrected chi connectivity index (χ3v) is 4.35. The first-order valence-corrected chi connectivity index (χ1v) is 8.62. The highest BCUT2D eigenvalue weighted by molar-refractivity contribution is 5.85. The van der Waals surface area contributed by atoms with Crippen molar-refractivity contribution in [2.45, 2.75) is 13.3 Å². The number of carbonyl (C=O) groups excluding carboxylic acids is 2. The summed E-state index contributed by atoms with van der Waals surface area (Å²) in [6.45, 7) is 6.08. The Morgan fingerprint density at radius 2 is 1.69 bits per heavy atom. The summed E-state index contributed by atoms with van der Waals surface area (Å²) in [6, 6.07) is 10.3. The van der Waals surface area contributed by atoms with E-state index in [1.165, 1.54) is 5.69 Å². The normalized spacial score (nSPS) is 14.7. The number of nitrogens with zero attached hydrogens (tertiary/aromatic N) is 2. The lowest BCUT2D eigenvalue weighted by atomic mass is 10.1. The molecule has 1 atom stereocenters. The molecule has 1 aromatic rings. The Kier molecular flexibility index (Phi) is 12.1. The molecule has 0 bridgehead atoms. The van der Waals surface area contributed by atoms with Crippen LogP contribution < -0.4 is 15.5 Å². The van der Waals surface area contributed by atoms with Crippen molar-refractivity contribution in [1.29, 1.82) is 0 Å². The van der Waals surface area contributed by atoms with Crippen LogP contribution in [0.2, 0.25) is 0 Å². The van der Waals surface area contributed by atoms with E-state index in [-0.39, 0.29) is 42.5 Å². The maximum absolute atomic E-state index is 12.3. The standard InChI is InChI=1S/C18H28N4O2.2ClH/c1-15(14-19-2)18(24)20-9-8-17(23)22-12-10-21(11-13-22)16-6-4-3-5-7-16;;/h3-7,15,19H,8-14H2,1-2H3,(H,20,24);2*1H. The molecule has 0 saturated carbocycles. The van der Waals surface area contributed by atoms with Gasteiger partial charge >= 0.3 is 0 Å². The molecule has 0 aromatic heterocycles. The highest BCUT2D eigenvalue weighted by atomic mass is 35.5. The summed E-state index contributed by atoms with van der Waals surface area (Å²) < 4.78 is 0. The summed E-state index contributed by atoms with van der Waals surface area (Å²) in [4.78, 5) is 28.3. The van der Waals surface area contributed by atoms with Crippen LogP contribution in [0.15, 0.2) is 30.3 Å². The molecule has 26 heavy (non-hydrogen) atoms. The van der Waals surface area contributed by atoms with Crippen molar-refractivity contribution in [2.75, 3.05) is 51.2 Å². The number of halogens is 2. The van der Waals surface area contributed by atoms with Crippen molar-refractivity contribution in [3.8, 4) is 0 Å². The zero-order chi connectivity index (χ0) is 17.4. The van der Waals surface area contributed by atoms with E-state index in [0.717, 1.165) is 26.2 Å². The summed E-state index contributed by atoms with van der Waals surface area (Å²) in [7, 11) is 1.82. The molecule has 8 heteroatoms. The monoisotopic (exact) mass is 404 g/mol. The van der Waals surface area contributed by atoms with Crippen LogP contribution in [0.5, 0.6) is 0 Å². The lowest BCUT2D eigenvalue weighted by molar-refractivity contribution is -0.131. The van der Waals surface area contributed by atoms with Gasteiger partial charge < -0.3 is 20.4 Å². The summed E-state index contributed by atoms with van der Waals surface area (Å²) in [5.41, 5.74) is 1.20. The van der Waals surface area contributed by atoms with Crippen molar-refractivity contribution < 1.29 is 9.59 Å². The molecule has 0 radical (unpaired) electrons. The van der Waals surface area contributed by atoms with Crippen LogP contribution in [0.4, 0.5) is 5.69 Å². The number of para-hydroxylation sites is 1. The lowest BCUT2D eigenvalue weighted by Gasteiger charge is -2.36. The van der Waals surface area contributed by atoms with E-state index in [9.17, 15) is 9.59 Å². The Morgan fingerprint density at radius 3 is 2.27 bits per heavy atom. The van der Waals surface area contributed by atoms with Crippen LogP contribution in [-0.4, -0.2) is 63.0 Å². The van der Waals surface area contributed by atoms with Crippen molar-refractivity contribution in [2.24, 2.45) is 5.92 Å². The molecule has 2 N–H and O–H groups in total. The van der Waals surface area contributed by atoms with Gasteiger partial charge in [-0.3, -0.25) is 9.59 Å². The minimum absolute atomic E-state index is 0. The third-order valence-electron chi connectivity index (χ3n) is 4.35. The first kappa shape index (κ1) is 24.5. The van der Waals surface area contributed by atoms with Gasteiger partial charge in [0.15, 0.2) is 0 Å². The molecule has 1 unspecified atom stereocenters. The van der Waals surface area contributed by atoms with Crippen molar-refractivity contribution in [3.63, 3.8) is 0 Å². The van der Waals surface area contributed by atoms with Crippen molar-refractivity contribution in [1.82, 2.24) is 15.5 Å². The molecule has 1 saturated heterocycles. The Labute approximate surface area is 168 Å². The van der Waals surface area contributed by atoms with Crippen LogP contribution in [-0.2, 0) is 9.59 Å². The third kappa shape index (κ3) is 7.40. The lowest BCUT2D eigenvalue weighted by Crippen LogP contribution is -2.49. The van der Waals surface area contributed by atoms with Gasteiger partial charge in [-0.15, -0.1) is 24.8 Å². The average Bonchev–Trinajstić information content (AvgIpc) is 2.62. The van der Waals surface area contributed by atoms with Gasteiger partial charge in [0, 0.05) is 57.3 Å². The fraction of sp³-hybridized carbons (Fsp3) is 0.556. The van der Waals surface area contributed by atoms with E-state index in [1.54, 1.807) is 0 Å². The van der Waals surface area contributed by atoms with E-state index < -0.39 is 0 Å². The maximum atomic E-state index is 12.3. The van der Waals surface area contributed by atoms with E-state index in [1.807, 2.05) is 37.1 Å². The molecular weight excluding hydrogens is 375 g/mol. The molecule has 1 heterocycles. The number of hydrogen-bond donors (Lipinski definition) is 2. The average molecular weight is 405 g/mol. The van der Waals surface area contributed by atoms with Gasteiger partial charge in [0.05, 0.1) is 0 Å². The summed E-state index contributed by atoms with van der Waals surface area (Å²) in [5.74, 6) is 0.0230. The molecule has 1 aromatic carbocycles. The molecule has 1 aliphatic heterocycles. The number of amides is 2. The molecule has 148 valence electrons. The predicted molar refractivity (Wildman–Crippen MR) is 110 cm³/mol. The molecule has 2 rings (SSSR count). The zero-order valence-corrected chi connectivity index (χ0v) is 17.1.